The van der Waals surface area contributed by atoms with Crippen LogP contribution in [-0.2, 0) is 24.1 Å². The minimum absolute atomic E-state index is 0. The summed E-state index contributed by atoms with van der Waals surface area (Å²) >= 11 is 10.1. The van der Waals surface area contributed by atoms with E-state index in [1.54, 1.807) is 6.07 Å². The van der Waals surface area contributed by atoms with E-state index in [0.717, 1.165) is 77.6 Å². The number of rotatable bonds is 12. The number of halogens is 2. The molecule has 13 nitrogen and oxygen atoms in total. The first-order valence-electron chi connectivity index (χ1n) is 35.9. The van der Waals surface area contributed by atoms with Gasteiger partial charge in [0.15, 0.2) is 5.17 Å². The van der Waals surface area contributed by atoms with Gasteiger partial charge in [-0.05, 0) is 171 Å². The first-order valence-corrected chi connectivity index (χ1v) is 37.0. The van der Waals surface area contributed by atoms with Gasteiger partial charge in [-0.2, -0.15) is 0 Å². The lowest BCUT2D eigenvalue weighted by atomic mass is 9.87. The Labute approximate surface area is 656 Å². The second-order valence-electron chi connectivity index (χ2n) is 29.0. The second-order valence-corrected chi connectivity index (χ2v) is 29.3. The van der Waals surface area contributed by atoms with E-state index in [9.17, 15) is 14.4 Å². The number of nitrogens with zero attached hydrogens (tertiary/aromatic N) is 3. The molecule has 110 heavy (non-hydrogen) atoms. The quantitative estimate of drug-likeness (QED) is 0.0177. The van der Waals surface area contributed by atoms with Crippen LogP contribution in [0.5, 0.6) is 17.2 Å². The van der Waals surface area contributed by atoms with E-state index in [1.807, 2.05) is 108 Å². The predicted octanol–water partition coefficient (Wildman–Crippen LogP) is 23.1. The number of hydrogen-bond acceptors (Lipinski definition) is 12. The number of hydrogen-bond donors (Lipinski definition) is 2. The standard InChI is InChI=1S/2C30H27NO3.C25H18O2.C5H10ClNO.C3H7N.CH3Cl.CH4/c2*1-30(2,3)28-19-27(34-31-28)29(32)33-26-15-14-24-17-21(11-13-25(24)18-26)9-8-20-10-12-22-6-4-5-7-23(22)16-20;1-2-25(26)27-24-14-13-22-16-19(10-12-23(22)17-24)8-7-18-9-11-20-5-3-4-6-21(20)15-18;1-5(2,3)4(6)7-8;1-3-4-2;1-2;/h2*4-18,27H,19H2,1-3H3;2-17H,1H2;8H,1-3H3;3H,1-2H3;1H3;1H4/p+1/b9-8+;9-8-;8-7-;7-4-;;;. The van der Waals surface area contributed by atoms with Gasteiger partial charge in [-0.1, -0.05) is 304 Å². The van der Waals surface area contributed by atoms with Gasteiger partial charge in [-0.15, -0.1) is 11.6 Å². The largest absolute Gasteiger partial charge is 0.424 e. The van der Waals surface area contributed by atoms with Crippen LogP contribution >= 0.6 is 23.2 Å². The molecule has 0 bridgehead atoms. The molecule has 2 unspecified atom stereocenters. The van der Waals surface area contributed by atoms with Crippen LogP contribution < -0.4 is 19.2 Å². The molecular formula is C95H97Cl2N4O9+. The highest BCUT2D eigenvalue weighted by Crippen LogP contribution is 2.32. The zero-order valence-corrected chi connectivity index (χ0v) is 65.2. The summed E-state index contributed by atoms with van der Waals surface area (Å²) in [6.45, 7) is 23.3. The van der Waals surface area contributed by atoms with Gasteiger partial charge in [0.2, 0.25) is 12.2 Å². The molecule has 0 amide bonds. The zero-order chi connectivity index (χ0) is 78.3. The van der Waals surface area contributed by atoms with Crippen molar-refractivity contribution in [3.8, 4) is 17.2 Å². The van der Waals surface area contributed by atoms with Crippen LogP contribution in [0.1, 0.15) is 123 Å². The molecule has 2 aliphatic heterocycles. The molecule has 12 aromatic rings. The molecule has 12 aromatic carbocycles. The highest BCUT2D eigenvalue weighted by molar-refractivity contribution is 6.66. The average Bonchev–Trinajstić information content (AvgIpc) is 1.38. The molecule has 14 rings (SSSR count). The summed E-state index contributed by atoms with van der Waals surface area (Å²) in [5.41, 5.74) is 8.09. The number of carbonyl (C=O) groups is 3. The molecule has 15 heteroatoms. The number of alkyl halides is 1. The maximum atomic E-state index is 12.5. The van der Waals surface area contributed by atoms with Crippen molar-refractivity contribution in [3.05, 3.63) is 283 Å². The van der Waals surface area contributed by atoms with Crippen molar-refractivity contribution in [2.45, 2.75) is 102 Å². The van der Waals surface area contributed by atoms with Gasteiger partial charge in [0.05, 0.1) is 11.4 Å². The van der Waals surface area contributed by atoms with E-state index in [4.69, 9.17) is 40.7 Å². The predicted molar refractivity (Wildman–Crippen MR) is 462 cm³/mol. The summed E-state index contributed by atoms with van der Waals surface area (Å²) in [5.74, 6) is 0.236. The average molecular weight is 1510 g/mol. The van der Waals surface area contributed by atoms with Crippen molar-refractivity contribution in [3.63, 3.8) is 0 Å². The molecule has 0 spiro atoms. The van der Waals surface area contributed by atoms with Gasteiger partial charge in [0.25, 0.3) is 0 Å². The number of oxime groups is 3. The fourth-order valence-corrected chi connectivity index (χ4v) is 11.3. The van der Waals surface area contributed by atoms with Crippen LogP contribution in [0.4, 0.5) is 0 Å². The maximum Gasteiger partial charge on any atom is 0.355 e. The zero-order valence-electron chi connectivity index (χ0n) is 63.7. The van der Waals surface area contributed by atoms with Gasteiger partial charge >= 0.3 is 17.9 Å². The third-order valence-corrected chi connectivity index (χ3v) is 18.3. The maximum absolute atomic E-state index is 12.5. The first kappa shape index (κ1) is 83.9. The molecule has 0 saturated carbocycles. The van der Waals surface area contributed by atoms with Gasteiger partial charge < -0.3 is 29.1 Å². The van der Waals surface area contributed by atoms with Crippen LogP contribution in [0.25, 0.3) is 101 Å². The molecule has 0 aliphatic carbocycles. The highest BCUT2D eigenvalue weighted by atomic mass is 35.5. The lowest BCUT2D eigenvalue weighted by Gasteiger charge is -2.16. The number of benzene rings is 12. The normalized spacial score (nSPS) is 14.1. The van der Waals surface area contributed by atoms with Gasteiger partial charge in [-0.25, -0.2) is 14.4 Å². The SMILES string of the molecule is C.C=CC(=O)Oc1ccc2cc(/C=C\c3ccc4ccccc4c3)ccc2c1.CC(C)(C)/C(Cl)=N/O.CC(C)(C)C1=NOC(C(=O)Oc2ccc3cc(/C=C/c4ccc5ccccc5c4)ccc3c2)C1.CC(C)(C)C1=NOC(C(=O)Oc2ccc3cc(/C=C\c4ccc5ccccc5c4)ccc3c2)C1.CC=[NH+]C.CCl. The van der Waals surface area contributed by atoms with E-state index < -0.39 is 30.1 Å². The molecule has 0 fully saturated rings. The number of nitrogens with one attached hydrogen (secondary N) is 1. The van der Waals surface area contributed by atoms with Crippen molar-refractivity contribution in [1.82, 2.24) is 0 Å². The van der Waals surface area contributed by atoms with Crippen molar-refractivity contribution < 1.29 is 48.5 Å². The Kier molecular flexibility index (Phi) is 30.0. The summed E-state index contributed by atoms with van der Waals surface area (Å²) in [4.78, 5) is 49.9. The fourth-order valence-electron chi connectivity index (χ4n) is 11.3. The van der Waals surface area contributed by atoms with Crippen molar-refractivity contribution in [2.75, 3.05) is 13.4 Å². The molecule has 0 radical (unpaired) electrons. The Morgan fingerprint density at radius 3 is 0.918 bits per heavy atom. The van der Waals surface area contributed by atoms with Gasteiger partial charge in [0.1, 0.15) is 30.5 Å². The molecule has 2 aliphatic rings. The summed E-state index contributed by atoms with van der Waals surface area (Å²) in [7, 11) is 1.88. The molecule has 0 saturated heterocycles. The molecular weight excluding hydrogens is 1410 g/mol. The van der Waals surface area contributed by atoms with Crippen molar-refractivity contribution in [2.24, 2.45) is 31.7 Å². The monoisotopic (exact) mass is 1510 g/mol. The number of carbonyl (C=O) groups excluding carboxylic acids is 3. The van der Waals surface area contributed by atoms with Gasteiger partial charge in [0, 0.05) is 48.5 Å². The second kappa shape index (κ2) is 39.4. The fraction of sp³-hybridized carbons (Fsp3) is 0.211. The summed E-state index contributed by atoms with van der Waals surface area (Å²) < 4.78 is 16.3. The van der Waals surface area contributed by atoms with E-state index in [2.05, 4.69) is 280 Å². The van der Waals surface area contributed by atoms with Crippen LogP contribution in [0, 0.1) is 16.2 Å². The Hall–Kier alpha value is -11.8. The molecule has 2 N–H and O–H groups in total. The van der Waals surface area contributed by atoms with Crippen LogP contribution in [0.2, 0.25) is 0 Å². The molecule has 0 aromatic heterocycles. The van der Waals surface area contributed by atoms with Crippen LogP contribution in [-0.4, -0.2) is 71.6 Å². The smallest absolute Gasteiger partial charge is 0.355 e. The van der Waals surface area contributed by atoms with Crippen molar-refractivity contribution in [1.29, 1.82) is 0 Å². The summed E-state index contributed by atoms with van der Waals surface area (Å²) in [6, 6.07) is 80.1. The van der Waals surface area contributed by atoms with Crippen molar-refractivity contribution >= 4 is 165 Å². The minimum Gasteiger partial charge on any atom is -0.424 e. The Balaban J connectivity index is 0.000000191. The summed E-state index contributed by atoms with van der Waals surface area (Å²) in [6.07, 6.45) is 16.8. The molecule has 2 heterocycles. The van der Waals surface area contributed by atoms with E-state index in [-0.39, 0.29) is 28.8 Å². The summed E-state index contributed by atoms with van der Waals surface area (Å²) in [5, 5.41) is 33.1. The number of ether oxygens (including phenoxy) is 3. The van der Waals surface area contributed by atoms with Crippen LogP contribution in [0.15, 0.2) is 265 Å². The lowest BCUT2D eigenvalue weighted by Crippen LogP contribution is -2.62. The first-order chi connectivity index (χ1) is 52.3. The van der Waals surface area contributed by atoms with Gasteiger partial charge in [-0.3, -0.25) is 4.99 Å². The minimum atomic E-state index is -0.687. The number of esters is 3. The number of fused-ring (bicyclic) bond motifs is 6. The third-order valence-electron chi connectivity index (χ3n) is 17.6. The molecule has 2 atom stereocenters. The third kappa shape index (κ3) is 24.1. The topological polar surface area (TPSA) is 169 Å². The Morgan fingerprint density at radius 1 is 0.436 bits per heavy atom. The Morgan fingerprint density at radius 2 is 0.682 bits per heavy atom. The lowest BCUT2D eigenvalue weighted by molar-refractivity contribution is -0.414. The van der Waals surface area contributed by atoms with E-state index >= 15 is 0 Å². The van der Waals surface area contributed by atoms with E-state index in [1.165, 1.54) is 44.3 Å². The van der Waals surface area contributed by atoms with E-state index in [0.29, 0.717) is 30.1 Å². The highest BCUT2D eigenvalue weighted by Gasteiger charge is 2.36. The molecule has 564 valence electrons. The Bertz CT molecular complexity index is 5230. The van der Waals surface area contributed by atoms with Crippen LogP contribution in [0.3, 0.4) is 0 Å².